The van der Waals surface area contributed by atoms with E-state index in [1.165, 1.54) is 0 Å². The molecule has 0 radical (unpaired) electrons. The second-order valence-electron chi connectivity index (χ2n) is 8.58. The summed E-state index contributed by atoms with van der Waals surface area (Å²) < 4.78 is 1.84. The van der Waals surface area contributed by atoms with E-state index in [9.17, 15) is 4.79 Å². The summed E-state index contributed by atoms with van der Waals surface area (Å²) in [6.45, 7) is 0.838. The highest BCUT2D eigenvalue weighted by molar-refractivity contribution is 7.98. The topological polar surface area (TPSA) is 46.9 Å². The van der Waals surface area contributed by atoms with E-state index < -0.39 is 0 Å². The molecule has 0 saturated carbocycles. The molecule has 0 fully saturated rings. The van der Waals surface area contributed by atoms with Crippen molar-refractivity contribution in [1.82, 2.24) is 14.9 Å². The van der Waals surface area contributed by atoms with Gasteiger partial charge in [0.25, 0.3) is 5.56 Å². The number of rotatable bonds is 8. The first kappa shape index (κ1) is 24.3. The third-order valence-electron chi connectivity index (χ3n) is 6.26. The Morgan fingerprint density at radius 2 is 1.67 bits per heavy atom. The lowest BCUT2D eigenvalue weighted by molar-refractivity contribution is 0.597. The highest BCUT2D eigenvalue weighted by Gasteiger charge is 2.16. The van der Waals surface area contributed by atoms with E-state index in [0.29, 0.717) is 23.7 Å². The number of fused-ring (bicyclic) bond motifs is 1. The van der Waals surface area contributed by atoms with Gasteiger partial charge in [-0.25, -0.2) is 0 Å². The Bertz CT molecular complexity index is 1520. The second-order valence-corrected chi connectivity index (χ2v) is 9.90. The number of aromatic nitrogens is 2. The van der Waals surface area contributed by atoms with E-state index in [4.69, 9.17) is 11.6 Å². The first-order valence-corrected chi connectivity index (χ1v) is 13.4. The van der Waals surface area contributed by atoms with Crippen molar-refractivity contribution in [3.8, 4) is 0 Å². The lowest BCUT2D eigenvalue weighted by atomic mass is 9.98. The van der Waals surface area contributed by atoms with Crippen molar-refractivity contribution in [3.63, 3.8) is 0 Å². The summed E-state index contributed by atoms with van der Waals surface area (Å²) in [5, 5.41) is 5.36. The molecule has 0 aliphatic heterocycles. The molecular weight excluding hydrogens is 486 g/mol. The van der Waals surface area contributed by atoms with Gasteiger partial charge in [-0.1, -0.05) is 66.2 Å². The molecular formula is C30H26ClN3OS. The van der Waals surface area contributed by atoms with Crippen molar-refractivity contribution >= 4 is 34.3 Å². The zero-order valence-corrected chi connectivity index (χ0v) is 21.5. The molecule has 6 heteroatoms. The van der Waals surface area contributed by atoms with Gasteiger partial charge in [0.1, 0.15) is 0 Å². The van der Waals surface area contributed by atoms with Crippen LogP contribution < -0.4 is 10.9 Å². The summed E-state index contributed by atoms with van der Waals surface area (Å²) >= 11 is 7.81. The number of nitrogens with zero attached hydrogens (tertiary/aromatic N) is 2. The minimum absolute atomic E-state index is 0.0122. The maximum Gasteiger partial charge on any atom is 0.255 e. The zero-order chi connectivity index (χ0) is 24.9. The van der Waals surface area contributed by atoms with Crippen LogP contribution in [0, 0.1) is 0 Å². The third-order valence-corrected chi connectivity index (χ3v) is 7.23. The molecule has 0 spiro atoms. The van der Waals surface area contributed by atoms with Crippen LogP contribution >= 0.6 is 23.4 Å². The van der Waals surface area contributed by atoms with E-state index in [2.05, 4.69) is 40.6 Å². The Morgan fingerprint density at radius 3 is 2.39 bits per heavy atom. The smallest absolute Gasteiger partial charge is 0.255 e. The van der Waals surface area contributed by atoms with Crippen LogP contribution in [0.5, 0.6) is 0 Å². The van der Waals surface area contributed by atoms with Crippen LogP contribution in [0.3, 0.4) is 0 Å². The first-order valence-electron chi connectivity index (χ1n) is 11.8. The molecule has 36 heavy (non-hydrogen) atoms. The Morgan fingerprint density at radius 1 is 0.917 bits per heavy atom. The molecule has 0 aliphatic carbocycles. The fourth-order valence-electron chi connectivity index (χ4n) is 4.42. The van der Waals surface area contributed by atoms with Crippen LogP contribution in [0.25, 0.3) is 10.9 Å². The molecule has 0 bridgehead atoms. The van der Waals surface area contributed by atoms with Crippen LogP contribution in [-0.4, -0.2) is 15.8 Å². The molecule has 5 rings (SSSR count). The van der Waals surface area contributed by atoms with E-state index in [1.807, 2.05) is 77.6 Å². The SMILES string of the molecule is CSc1ccc2cc(CN[C@@H](c3ccccc3)c3ccc(Cl)cc3)c(=O)n(Cc3ccccn3)c2c1. The average molecular weight is 512 g/mol. The molecule has 0 unspecified atom stereocenters. The molecule has 180 valence electrons. The third kappa shape index (κ3) is 5.39. The Hall–Kier alpha value is -3.38. The summed E-state index contributed by atoms with van der Waals surface area (Å²) in [4.78, 5) is 19.4. The van der Waals surface area contributed by atoms with Gasteiger partial charge in [-0.05, 0) is 65.2 Å². The predicted molar refractivity (Wildman–Crippen MR) is 150 cm³/mol. The van der Waals surface area contributed by atoms with Gasteiger partial charge in [-0.15, -0.1) is 11.8 Å². The van der Waals surface area contributed by atoms with E-state index >= 15 is 0 Å². The maximum absolute atomic E-state index is 13.8. The molecule has 2 aromatic heterocycles. The van der Waals surface area contributed by atoms with Crippen molar-refractivity contribution in [3.05, 3.63) is 141 Å². The summed E-state index contributed by atoms with van der Waals surface area (Å²) in [6.07, 6.45) is 3.80. The van der Waals surface area contributed by atoms with Crippen LogP contribution in [0.2, 0.25) is 5.02 Å². The van der Waals surface area contributed by atoms with Crippen molar-refractivity contribution in [2.45, 2.75) is 24.0 Å². The number of nitrogens with one attached hydrogen (secondary N) is 1. The van der Waals surface area contributed by atoms with Crippen LogP contribution in [0.1, 0.15) is 28.4 Å². The number of hydrogen-bond acceptors (Lipinski definition) is 4. The van der Waals surface area contributed by atoms with Crippen molar-refractivity contribution in [2.24, 2.45) is 0 Å². The van der Waals surface area contributed by atoms with E-state index in [1.54, 1.807) is 18.0 Å². The summed E-state index contributed by atoms with van der Waals surface area (Å²) in [5.41, 5.74) is 4.68. The lowest BCUT2D eigenvalue weighted by Crippen LogP contribution is -2.30. The summed E-state index contributed by atoms with van der Waals surface area (Å²) in [5.74, 6) is 0. The Kier molecular flexibility index (Phi) is 7.52. The standard InChI is InChI=1S/C30H26ClN3OS/c1-36-27-15-12-23-17-24(30(35)34(28(23)18-27)20-26-9-5-6-16-32-26)19-33-29(21-7-3-2-4-8-21)22-10-13-25(31)14-11-22/h2-18,29,33H,19-20H2,1H3/t29-/m0/s1. The van der Waals surface area contributed by atoms with E-state index in [-0.39, 0.29) is 11.6 Å². The quantitative estimate of drug-likeness (QED) is 0.235. The van der Waals surface area contributed by atoms with Crippen molar-refractivity contribution in [2.75, 3.05) is 6.26 Å². The van der Waals surface area contributed by atoms with Gasteiger partial charge in [-0.3, -0.25) is 9.78 Å². The minimum atomic E-state index is -0.0818. The van der Waals surface area contributed by atoms with Crippen molar-refractivity contribution in [1.29, 1.82) is 0 Å². The number of hydrogen-bond donors (Lipinski definition) is 1. The lowest BCUT2D eigenvalue weighted by Gasteiger charge is -2.21. The molecule has 1 N–H and O–H groups in total. The maximum atomic E-state index is 13.8. The Labute approximate surface area is 220 Å². The van der Waals surface area contributed by atoms with Crippen LogP contribution in [0.15, 0.2) is 113 Å². The molecule has 0 aliphatic rings. The molecule has 3 aromatic carbocycles. The van der Waals surface area contributed by atoms with E-state index in [0.717, 1.165) is 32.6 Å². The number of halogens is 1. The van der Waals surface area contributed by atoms with Gasteiger partial charge in [0.15, 0.2) is 0 Å². The van der Waals surface area contributed by atoms with Gasteiger partial charge >= 0.3 is 0 Å². The normalized spacial score (nSPS) is 12.1. The molecule has 2 heterocycles. The molecule has 0 saturated heterocycles. The number of benzene rings is 3. The monoisotopic (exact) mass is 511 g/mol. The number of pyridine rings is 2. The van der Waals surface area contributed by atoms with Gasteiger partial charge in [0.2, 0.25) is 0 Å². The largest absolute Gasteiger partial charge is 0.302 e. The van der Waals surface area contributed by atoms with Crippen LogP contribution in [0.4, 0.5) is 0 Å². The first-order chi connectivity index (χ1) is 17.6. The van der Waals surface area contributed by atoms with Crippen molar-refractivity contribution < 1.29 is 0 Å². The fraction of sp³-hybridized carbons (Fsp3) is 0.133. The highest BCUT2D eigenvalue weighted by Crippen LogP contribution is 2.25. The minimum Gasteiger partial charge on any atom is -0.302 e. The van der Waals surface area contributed by atoms with Gasteiger partial charge in [0, 0.05) is 28.2 Å². The molecule has 4 nitrogen and oxygen atoms in total. The summed E-state index contributed by atoms with van der Waals surface area (Å²) in [6, 6.07) is 32.1. The highest BCUT2D eigenvalue weighted by atomic mass is 35.5. The van der Waals surface area contributed by atoms with Gasteiger partial charge < -0.3 is 9.88 Å². The zero-order valence-electron chi connectivity index (χ0n) is 19.9. The Balaban J connectivity index is 1.54. The van der Waals surface area contributed by atoms with Gasteiger partial charge in [0.05, 0.1) is 23.8 Å². The second kappa shape index (κ2) is 11.1. The molecule has 5 aromatic rings. The number of thioether (sulfide) groups is 1. The summed E-state index contributed by atoms with van der Waals surface area (Å²) in [7, 11) is 0. The predicted octanol–water partition coefficient (Wildman–Crippen LogP) is 6.70. The molecule has 0 amide bonds. The average Bonchev–Trinajstić information content (AvgIpc) is 2.92. The fourth-order valence-corrected chi connectivity index (χ4v) is 4.98. The molecule has 1 atom stereocenters. The van der Waals surface area contributed by atoms with Crippen LogP contribution in [-0.2, 0) is 13.1 Å². The van der Waals surface area contributed by atoms with Gasteiger partial charge in [-0.2, -0.15) is 0 Å².